The topological polar surface area (TPSA) is 49.3 Å². The first-order chi connectivity index (χ1) is 6.70. The highest BCUT2D eigenvalue weighted by molar-refractivity contribution is 5.99. The minimum Gasteiger partial charge on any atom is -0.396 e. The normalized spacial score (nSPS) is 14.0. The summed E-state index contributed by atoms with van der Waals surface area (Å²) in [5.41, 5.74) is 4.22. The smallest absolute Gasteiger partial charge is 0.228 e. The first-order valence-corrected chi connectivity index (χ1v) is 4.74. The number of hydrogen-bond acceptors (Lipinski definition) is 2. The van der Waals surface area contributed by atoms with Crippen LogP contribution in [0.4, 0.5) is 5.69 Å². The molecule has 14 heavy (non-hydrogen) atoms. The van der Waals surface area contributed by atoms with Crippen LogP contribution in [0.1, 0.15) is 16.7 Å². The summed E-state index contributed by atoms with van der Waals surface area (Å²) in [7, 11) is 0. The Morgan fingerprint density at radius 1 is 1.50 bits per heavy atom. The number of carbonyl (C=O) groups is 1. The molecular formula is C11H13NO2. The lowest BCUT2D eigenvalue weighted by molar-refractivity contribution is -0.115. The summed E-state index contributed by atoms with van der Waals surface area (Å²) < 4.78 is 0. The Labute approximate surface area is 82.8 Å². The zero-order chi connectivity index (χ0) is 10.1. The van der Waals surface area contributed by atoms with E-state index in [0.29, 0.717) is 12.8 Å². The molecule has 0 saturated heterocycles. The number of aliphatic hydroxyl groups is 1. The molecule has 2 rings (SSSR count). The van der Waals surface area contributed by atoms with Crippen molar-refractivity contribution < 1.29 is 9.90 Å². The molecule has 74 valence electrons. The van der Waals surface area contributed by atoms with E-state index in [2.05, 4.69) is 5.32 Å². The number of benzene rings is 1. The molecule has 0 bridgehead atoms. The molecule has 1 aromatic rings. The Hall–Kier alpha value is -1.35. The zero-order valence-corrected chi connectivity index (χ0v) is 8.13. The largest absolute Gasteiger partial charge is 0.396 e. The van der Waals surface area contributed by atoms with Gasteiger partial charge in [-0.05, 0) is 36.1 Å². The van der Waals surface area contributed by atoms with Crippen LogP contribution in [0.3, 0.4) is 0 Å². The standard InChI is InChI=1S/C11H13NO2/c1-7-4-10-9(6-11(14)12-10)5-8(7)2-3-13/h4-5,13H,2-3,6H2,1H3,(H,12,14). The Morgan fingerprint density at radius 2 is 2.29 bits per heavy atom. The monoisotopic (exact) mass is 191 g/mol. The van der Waals surface area contributed by atoms with Crippen LogP contribution in [0.2, 0.25) is 0 Å². The SMILES string of the molecule is Cc1cc2c(cc1CCO)CC(=O)N2. The molecule has 1 aliphatic rings. The highest BCUT2D eigenvalue weighted by Gasteiger charge is 2.18. The van der Waals surface area contributed by atoms with Crippen LogP contribution < -0.4 is 5.32 Å². The van der Waals surface area contributed by atoms with E-state index >= 15 is 0 Å². The molecule has 2 N–H and O–H groups in total. The predicted octanol–water partition coefficient (Wildman–Crippen LogP) is 1.02. The first kappa shape index (κ1) is 9.21. The maximum Gasteiger partial charge on any atom is 0.228 e. The van der Waals surface area contributed by atoms with Gasteiger partial charge in [0.25, 0.3) is 0 Å². The van der Waals surface area contributed by atoms with E-state index < -0.39 is 0 Å². The second kappa shape index (κ2) is 3.42. The Kier molecular flexibility index (Phi) is 2.25. The highest BCUT2D eigenvalue weighted by Crippen LogP contribution is 2.26. The van der Waals surface area contributed by atoms with E-state index in [4.69, 9.17) is 5.11 Å². The molecule has 0 aromatic heterocycles. The minimum absolute atomic E-state index is 0.0561. The van der Waals surface area contributed by atoms with Crippen molar-refractivity contribution in [2.45, 2.75) is 19.8 Å². The molecule has 0 unspecified atom stereocenters. The number of aliphatic hydroxyl groups excluding tert-OH is 1. The summed E-state index contributed by atoms with van der Waals surface area (Å²) in [4.78, 5) is 11.1. The second-order valence-electron chi connectivity index (χ2n) is 3.63. The minimum atomic E-state index is 0.0561. The summed E-state index contributed by atoms with van der Waals surface area (Å²) >= 11 is 0. The van der Waals surface area contributed by atoms with Crippen molar-refractivity contribution in [3.05, 3.63) is 28.8 Å². The molecule has 0 atom stereocenters. The molecule has 0 radical (unpaired) electrons. The van der Waals surface area contributed by atoms with Gasteiger partial charge in [0.15, 0.2) is 0 Å². The van der Waals surface area contributed by atoms with Gasteiger partial charge in [-0.15, -0.1) is 0 Å². The number of fused-ring (bicyclic) bond motifs is 1. The maximum absolute atomic E-state index is 11.1. The average Bonchev–Trinajstić information content (AvgIpc) is 2.45. The van der Waals surface area contributed by atoms with Gasteiger partial charge in [0.2, 0.25) is 5.91 Å². The molecule has 1 heterocycles. The molecular weight excluding hydrogens is 178 g/mol. The molecule has 0 spiro atoms. The van der Waals surface area contributed by atoms with Crippen molar-refractivity contribution in [1.82, 2.24) is 0 Å². The van der Waals surface area contributed by atoms with Crippen LogP contribution in [-0.4, -0.2) is 17.6 Å². The van der Waals surface area contributed by atoms with Gasteiger partial charge in [0, 0.05) is 12.3 Å². The predicted molar refractivity (Wildman–Crippen MR) is 54.3 cm³/mol. The number of carbonyl (C=O) groups excluding carboxylic acids is 1. The van der Waals surface area contributed by atoms with E-state index in [1.807, 2.05) is 19.1 Å². The maximum atomic E-state index is 11.1. The van der Waals surface area contributed by atoms with Gasteiger partial charge in [-0.3, -0.25) is 4.79 Å². The van der Waals surface area contributed by atoms with E-state index in [-0.39, 0.29) is 12.5 Å². The van der Waals surface area contributed by atoms with Gasteiger partial charge in [0.1, 0.15) is 0 Å². The lowest BCUT2D eigenvalue weighted by atomic mass is 10.0. The number of rotatable bonds is 2. The van der Waals surface area contributed by atoms with Gasteiger partial charge < -0.3 is 10.4 Å². The highest BCUT2D eigenvalue weighted by atomic mass is 16.2. The van der Waals surface area contributed by atoms with Crippen molar-refractivity contribution >= 4 is 11.6 Å². The van der Waals surface area contributed by atoms with Gasteiger partial charge in [-0.2, -0.15) is 0 Å². The average molecular weight is 191 g/mol. The van der Waals surface area contributed by atoms with Crippen LogP contribution in [0.5, 0.6) is 0 Å². The fraction of sp³-hybridized carbons (Fsp3) is 0.364. The van der Waals surface area contributed by atoms with Gasteiger partial charge in [-0.1, -0.05) is 6.07 Å². The van der Waals surface area contributed by atoms with Crippen LogP contribution in [0.25, 0.3) is 0 Å². The lowest BCUT2D eigenvalue weighted by Crippen LogP contribution is -2.03. The van der Waals surface area contributed by atoms with E-state index in [9.17, 15) is 4.79 Å². The number of aryl methyl sites for hydroxylation is 1. The van der Waals surface area contributed by atoms with E-state index in [0.717, 1.165) is 22.4 Å². The Morgan fingerprint density at radius 3 is 3.00 bits per heavy atom. The third-order valence-corrected chi connectivity index (χ3v) is 2.57. The molecule has 3 heteroatoms. The van der Waals surface area contributed by atoms with Crippen LogP contribution >= 0.6 is 0 Å². The Bertz CT molecular complexity index is 385. The first-order valence-electron chi connectivity index (χ1n) is 4.74. The molecule has 1 aromatic carbocycles. The summed E-state index contributed by atoms with van der Waals surface area (Å²) in [6.45, 7) is 2.15. The van der Waals surface area contributed by atoms with Crippen LogP contribution in [0.15, 0.2) is 12.1 Å². The number of nitrogens with one attached hydrogen (secondary N) is 1. The van der Waals surface area contributed by atoms with Gasteiger partial charge in [-0.25, -0.2) is 0 Å². The lowest BCUT2D eigenvalue weighted by Gasteiger charge is -2.07. The van der Waals surface area contributed by atoms with Gasteiger partial charge >= 0.3 is 0 Å². The van der Waals surface area contributed by atoms with Crippen molar-refractivity contribution in [2.24, 2.45) is 0 Å². The van der Waals surface area contributed by atoms with Crippen LogP contribution in [0, 0.1) is 6.92 Å². The van der Waals surface area contributed by atoms with E-state index in [1.165, 1.54) is 0 Å². The molecule has 0 aliphatic carbocycles. The van der Waals surface area contributed by atoms with E-state index in [1.54, 1.807) is 0 Å². The molecule has 1 aliphatic heterocycles. The van der Waals surface area contributed by atoms with Crippen molar-refractivity contribution in [2.75, 3.05) is 11.9 Å². The molecule has 0 fully saturated rings. The molecule has 1 amide bonds. The zero-order valence-electron chi connectivity index (χ0n) is 8.13. The molecule has 3 nitrogen and oxygen atoms in total. The number of amides is 1. The molecule has 0 saturated carbocycles. The quantitative estimate of drug-likeness (QED) is 0.733. The third kappa shape index (κ3) is 1.51. The summed E-state index contributed by atoms with van der Waals surface area (Å²) in [6, 6.07) is 3.99. The summed E-state index contributed by atoms with van der Waals surface area (Å²) in [5.74, 6) is 0.0561. The fourth-order valence-corrected chi connectivity index (χ4v) is 1.82. The number of anilines is 1. The second-order valence-corrected chi connectivity index (χ2v) is 3.63. The number of hydrogen-bond donors (Lipinski definition) is 2. The van der Waals surface area contributed by atoms with Crippen molar-refractivity contribution in [1.29, 1.82) is 0 Å². The third-order valence-electron chi connectivity index (χ3n) is 2.57. The van der Waals surface area contributed by atoms with Crippen molar-refractivity contribution in [3.63, 3.8) is 0 Å². The summed E-state index contributed by atoms with van der Waals surface area (Å²) in [5, 5.41) is 11.7. The Balaban J connectivity index is 2.39. The summed E-state index contributed by atoms with van der Waals surface area (Å²) in [6.07, 6.45) is 1.13. The fourth-order valence-electron chi connectivity index (χ4n) is 1.82. The van der Waals surface area contributed by atoms with Crippen LogP contribution in [-0.2, 0) is 17.6 Å². The van der Waals surface area contributed by atoms with Crippen molar-refractivity contribution in [3.8, 4) is 0 Å². The van der Waals surface area contributed by atoms with Gasteiger partial charge in [0.05, 0.1) is 6.42 Å².